The maximum atomic E-state index is 13.9. The molecule has 2 atom stereocenters. The quantitative estimate of drug-likeness (QED) is 0.787. The topological polar surface area (TPSA) is 47.6 Å². The zero-order chi connectivity index (χ0) is 15.1. The van der Waals surface area contributed by atoms with Gasteiger partial charge in [-0.25, -0.2) is 4.39 Å². The SMILES string of the molecule is CC1(c2cc(Br)ccc2F)N=C(N)COC1C(F)(F)F. The molecule has 0 saturated heterocycles. The molecule has 0 spiro atoms. The summed E-state index contributed by atoms with van der Waals surface area (Å²) in [7, 11) is 0. The molecule has 8 heteroatoms. The van der Waals surface area contributed by atoms with Crippen molar-refractivity contribution in [2.75, 3.05) is 6.61 Å². The predicted molar refractivity (Wildman–Crippen MR) is 68.9 cm³/mol. The normalized spacial score (nSPS) is 27.3. The second-order valence-corrected chi connectivity index (χ2v) is 5.52. The molecule has 2 unspecified atom stereocenters. The van der Waals surface area contributed by atoms with Gasteiger partial charge in [0.25, 0.3) is 0 Å². The third-order valence-corrected chi connectivity index (χ3v) is 3.55. The number of nitrogens with two attached hydrogens (primary N) is 1. The van der Waals surface area contributed by atoms with Gasteiger partial charge in [0.1, 0.15) is 23.8 Å². The maximum absolute atomic E-state index is 13.9. The summed E-state index contributed by atoms with van der Waals surface area (Å²) >= 11 is 3.10. The van der Waals surface area contributed by atoms with Gasteiger partial charge >= 0.3 is 6.18 Å². The van der Waals surface area contributed by atoms with Crippen molar-refractivity contribution in [1.29, 1.82) is 0 Å². The molecule has 110 valence electrons. The summed E-state index contributed by atoms with van der Waals surface area (Å²) in [5.74, 6) is -0.903. The van der Waals surface area contributed by atoms with E-state index < -0.39 is 30.2 Å². The Bertz CT molecular complexity index is 561. The highest BCUT2D eigenvalue weighted by Gasteiger charge is 2.56. The van der Waals surface area contributed by atoms with Gasteiger partial charge < -0.3 is 10.5 Å². The molecule has 3 nitrogen and oxygen atoms in total. The predicted octanol–water partition coefficient (Wildman–Crippen LogP) is 3.12. The van der Waals surface area contributed by atoms with Crippen LogP contribution in [0.25, 0.3) is 0 Å². The molecule has 2 N–H and O–H groups in total. The lowest BCUT2D eigenvalue weighted by molar-refractivity contribution is -0.238. The van der Waals surface area contributed by atoms with Crippen LogP contribution in [0.1, 0.15) is 12.5 Å². The van der Waals surface area contributed by atoms with Crippen LogP contribution in [0.5, 0.6) is 0 Å². The van der Waals surface area contributed by atoms with Crippen LogP contribution in [0.4, 0.5) is 17.6 Å². The molecule has 0 aromatic heterocycles. The Labute approximate surface area is 120 Å². The van der Waals surface area contributed by atoms with E-state index in [0.717, 1.165) is 13.0 Å². The van der Waals surface area contributed by atoms with E-state index in [0.29, 0.717) is 4.47 Å². The monoisotopic (exact) mass is 354 g/mol. The molecule has 0 aliphatic carbocycles. The van der Waals surface area contributed by atoms with Gasteiger partial charge in [0.2, 0.25) is 0 Å². The summed E-state index contributed by atoms with van der Waals surface area (Å²) in [6.45, 7) is 0.720. The number of nitrogens with zero attached hydrogens (tertiary/aromatic N) is 1. The van der Waals surface area contributed by atoms with Crippen LogP contribution in [0.3, 0.4) is 0 Å². The number of rotatable bonds is 1. The third kappa shape index (κ3) is 2.67. The minimum absolute atomic E-state index is 0.104. The lowest BCUT2D eigenvalue weighted by atomic mass is 9.85. The van der Waals surface area contributed by atoms with Gasteiger partial charge in [0.05, 0.1) is 0 Å². The standard InChI is InChI=1S/C12H11BrF4N2O/c1-11(7-4-6(13)2-3-8(7)14)10(12(15,16)17)20-5-9(18)19-11/h2-4,10H,5H2,1H3,(H2,18,19). The Balaban J connectivity index is 2.63. The Morgan fingerprint density at radius 3 is 2.70 bits per heavy atom. The van der Waals surface area contributed by atoms with Gasteiger partial charge in [0, 0.05) is 10.0 Å². The van der Waals surface area contributed by atoms with E-state index in [1.165, 1.54) is 12.1 Å². The zero-order valence-electron chi connectivity index (χ0n) is 10.3. The van der Waals surface area contributed by atoms with E-state index in [1.54, 1.807) is 0 Å². The fourth-order valence-corrected chi connectivity index (χ4v) is 2.58. The van der Waals surface area contributed by atoms with Crippen molar-refractivity contribution in [1.82, 2.24) is 0 Å². The van der Waals surface area contributed by atoms with Gasteiger partial charge in [-0.2, -0.15) is 13.2 Å². The summed E-state index contributed by atoms with van der Waals surface area (Å²) < 4.78 is 58.5. The highest BCUT2D eigenvalue weighted by molar-refractivity contribution is 9.10. The van der Waals surface area contributed by atoms with E-state index in [9.17, 15) is 17.6 Å². The van der Waals surface area contributed by atoms with E-state index in [2.05, 4.69) is 20.9 Å². The largest absolute Gasteiger partial charge is 0.417 e. The molecule has 0 radical (unpaired) electrons. The minimum Gasteiger partial charge on any atom is -0.386 e. The summed E-state index contributed by atoms with van der Waals surface area (Å²) in [6, 6.07) is 3.71. The van der Waals surface area contributed by atoms with Crippen molar-refractivity contribution in [3.05, 3.63) is 34.1 Å². The van der Waals surface area contributed by atoms with Crippen LogP contribution >= 0.6 is 15.9 Å². The smallest absolute Gasteiger partial charge is 0.386 e. The molecule has 1 aliphatic rings. The molecule has 2 rings (SSSR count). The Hall–Kier alpha value is -1.15. The molecule has 1 aliphatic heterocycles. The first-order chi connectivity index (χ1) is 9.14. The van der Waals surface area contributed by atoms with Crippen LogP contribution in [-0.4, -0.2) is 24.7 Å². The first-order valence-electron chi connectivity index (χ1n) is 5.62. The average Bonchev–Trinajstić information content (AvgIpc) is 2.30. The fraction of sp³-hybridized carbons (Fsp3) is 0.417. The molecule has 1 aromatic rings. The van der Waals surface area contributed by atoms with Crippen molar-refractivity contribution >= 4 is 21.8 Å². The number of hydrogen-bond donors (Lipinski definition) is 1. The number of ether oxygens (including phenoxy) is 1. The lowest BCUT2D eigenvalue weighted by Gasteiger charge is -2.39. The second-order valence-electron chi connectivity index (χ2n) is 4.61. The molecular weight excluding hydrogens is 344 g/mol. The van der Waals surface area contributed by atoms with Gasteiger partial charge in [0.15, 0.2) is 6.10 Å². The molecule has 20 heavy (non-hydrogen) atoms. The summed E-state index contributed by atoms with van der Waals surface area (Å²) in [6.07, 6.45) is -6.95. The van der Waals surface area contributed by atoms with Crippen LogP contribution in [0, 0.1) is 5.82 Å². The van der Waals surface area contributed by atoms with Crippen LogP contribution < -0.4 is 5.73 Å². The van der Waals surface area contributed by atoms with Gasteiger partial charge in [-0.05, 0) is 25.1 Å². The van der Waals surface area contributed by atoms with Gasteiger partial charge in [-0.3, -0.25) is 4.99 Å². The number of alkyl halides is 3. The minimum atomic E-state index is -4.69. The molecule has 1 aromatic carbocycles. The van der Waals surface area contributed by atoms with E-state index in [1.807, 2.05) is 0 Å². The van der Waals surface area contributed by atoms with Crippen molar-refractivity contribution in [3.63, 3.8) is 0 Å². The van der Waals surface area contributed by atoms with Gasteiger partial charge in [-0.15, -0.1) is 0 Å². The maximum Gasteiger partial charge on any atom is 0.417 e. The highest BCUT2D eigenvalue weighted by atomic mass is 79.9. The van der Waals surface area contributed by atoms with Crippen LogP contribution in [0.15, 0.2) is 27.7 Å². The van der Waals surface area contributed by atoms with Crippen molar-refractivity contribution < 1.29 is 22.3 Å². The van der Waals surface area contributed by atoms with Crippen molar-refractivity contribution in [2.45, 2.75) is 24.7 Å². The molecule has 1 heterocycles. The number of halogens is 5. The number of amidine groups is 1. The molecule has 0 amide bonds. The Kier molecular flexibility index (Phi) is 3.81. The number of hydrogen-bond acceptors (Lipinski definition) is 3. The summed E-state index contributed by atoms with van der Waals surface area (Å²) in [5, 5.41) is 0. The van der Waals surface area contributed by atoms with Crippen LogP contribution in [0.2, 0.25) is 0 Å². The molecule has 0 bridgehead atoms. The number of aliphatic imine (C=N–C) groups is 1. The van der Waals surface area contributed by atoms with Gasteiger partial charge in [-0.1, -0.05) is 15.9 Å². The second kappa shape index (κ2) is 5.00. The van der Waals surface area contributed by atoms with E-state index in [-0.39, 0.29) is 11.4 Å². The highest BCUT2D eigenvalue weighted by Crippen LogP contribution is 2.43. The first-order valence-corrected chi connectivity index (χ1v) is 6.42. The van der Waals surface area contributed by atoms with E-state index in [4.69, 9.17) is 10.5 Å². The Morgan fingerprint density at radius 1 is 1.45 bits per heavy atom. The van der Waals surface area contributed by atoms with Crippen molar-refractivity contribution in [3.8, 4) is 0 Å². The van der Waals surface area contributed by atoms with Crippen LogP contribution in [-0.2, 0) is 10.3 Å². The first kappa shape index (κ1) is 15.2. The summed E-state index contributed by atoms with van der Waals surface area (Å²) in [4.78, 5) is 3.82. The van der Waals surface area contributed by atoms with Crippen molar-refractivity contribution in [2.24, 2.45) is 10.7 Å². The number of benzene rings is 1. The van der Waals surface area contributed by atoms with E-state index >= 15 is 0 Å². The Morgan fingerprint density at radius 2 is 2.10 bits per heavy atom. The molecule has 0 saturated carbocycles. The fourth-order valence-electron chi connectivity index (χ4n) is 2.22. The third-order valence-electron chi connectivity index (χ3n) is 3.06. The molecule has 0 fully saturated rings. The summed E-state index contributed by atoms with van der Waals surface area (Å²) in [5.41, 5.74) is 3.28. The lowest BCUT2D eigenvalue weighted by Crippen LogP contribution is -2.53. The average molecular weight is 355 g/mol. The molecular formula is C12H11BrF4N2O. The zero-order valence-corrected chi connectivity index (χ0v) is 11.9.